The van der Waals surface area contributed by atoms with Gasteiger partial charge in [-0.1, -0.05) is 12.1 Å². The van der Waals surface area contributed by atoms with E-state index in [4.69, 9.17) is 9.47 Å². The molecule has 2 aliphatic heterocycles. The van der Waals surface area contributed by atoms with Crippen LogP contribution in [0.4, 0.5) is 5.69 Å². The van der Waals surface area contributed by atoms with Crippen molar-refractivity contribution >= 4 is 29.1 Å². The van der Waals surface area contributed by atoms with Crippen LogP contribution in [0.25, 0.3) is 0 Å². The third-order valence-electron chi connectivity index (χ3n) is 4.13. The summed E-state index contributed by atoms with van der Waals surface area (Å²) >= 11 is 1.32. The summed E-state index contributed by atoms with van der Waals surface area (Å²) in [6, 6.07) is 14.3. The first-order valence-electron chi connectivity index (χ1n) is 7.77. The fourth-order valence-corrected chi connectivity index (χ4v) is 3.78. The Bertz CT molecular complexity index is 875. The second-order valence-corrected chi connectivity index (χ2v) is 6.68. The fourth-order valence-electron chi connectivity index (χ4n) is 2.83. The molecule has 0 aliphatic carbocycles. The van der Waals surface area contributed by atoms with Gasteiger partial charge in [-0.2, -0.15) is 0 Å². The molecule has 1 amide bonds. The van der Waals surface area contributed by atoms with Crippen LogP contribution in [-0.4, -0.2) is 30.0 Å². The van der Waals surface area contributed by atoms with Crippen LogP contribution in [0.1, 0.15) is 10.4 Å². The van der Waals surface area contributed by atoms with Crippen molar-refractivity contribution in [1.29, 1.82) is 0 Å². The molecule has 0 saturated heterocycles. The number of amides is 1. The molecule has 0 fully saturated rings. The van der Waals surface area contributed by atoms with Crippen LogP contribution in [0.2, 0.25) is 0 Å². The lowest BCUT2D eigenvalue weighted by molar-refractivity contribution is -0.115. The van der Waals surface area contributed by atoms with Crippen molar-refractivity contribution < 1.29 is 19.1 Å². The molecule has 2 heterocycles. The standard InChI is InChI=1S/C19H15NO4S/c1-23-13-8-6-12(7-9-13)20-10-15-18(22)14-4-2-3-5-16(14)24-19(15)25-11-17(20)21/h2-10,19H,11H2,1H3/t19-/m1/s1. The van der Waals surface area contributed by atoms with Crippen molar-refractivity contribution in [2.75, 3.05) is 17.8 Å². The molecule has 25 heavy (non-hydrogen) atoms. The normalized spacial score (nSPS) is 19.3. The van der Waals surface area contributed by atoms with E-state index in [-0.39, 0.29) is 17.4 Å². The molecule has 4 rings (SSSR count). The number of nitrogens with zero attached hydrogens (tertiary/aromatic N) is 1. The highest BCUT2D eigenvalue weighted by atomic mass is 32.2. The van der Waals surface area contributed by atoms with E-state index >= 15 is 0 Å². The van der Waals surface area contributed by atoms with Gasteiger partial charge < -0.3 is 9.47 Å². The number of hydrogen-bond donors (Lipinski definition) is 0. The molecule has 0 bridgehead atoms. The molecule has 2 aromatic carbocycles. The fraction of sp³-hybridized carbons (Fsp3) is 0.158. The van der Waals surface area contributed by atoms with E-state index < -0.39 is 5.44 Å². The van der Waals surface area contributed by atoms with Crippen molar-refractivity contribution in [3.63, 3.8) is 0 Å². The topological polar surface area (TPSA) is 55.8 Å². The molecule has 0 radical (unpaired) electrons. The van der Waals surface area contributed by atoms with Crippen LogP contribution in [0, 0.1) is 0 Å². The molecule has 126 valence electrons. The number of benzene rings is 2. The zero-order valence-electron chi connectivity index (χ0n) is 13.5. The summed E-state index contributed by atoms with van der Waals surface area (Å²) < 4.78 is 11.1. The van der Waals surface area contributed by atoms with E-state index in [0.29, 0.717) is 28.3 Å². The van der Waals surface area contributed by atoms with Gasteiger partial charge >= 0.3 is 0 Å². The maximum Gasteiger partial charge on any atom is 0.241 e. The number of anilines is 1. The Morgan fingerprint density at radius 1 is 1.12 bits per heavy atom. The van der Waals surface area contributed by atoms with Crippen molar-refractivity contribution in [3.8, 4) is 11.5 Å². The number of ketones is 1. The first-order chi connectivity index (χ1) is 12.2. The van der Waals surface area contributed by atoms with Crippen molar-refractivity contribution in [3.05, 3.63) is 65.9 Å². The molecule has 0 saturated carbocycles. The number of carbonyl (C=O) groups is 2. The van der Waals surface area contributed by atoms with E-state index in [1.165, 1.54) is 16.7 Å². The highest BCUT2D eigenvalue weighted by molar-refractivity contribution is 8.00. The van der Waals surface area contributed by atoms with Crippen molar-refractivity contribution in [1.82, 2.24) is 0 Å². The summed E-state index contributed by atoms with van der Waals surface area (Å²) in [5.41, 5.74) is 1.21. The Labute approximate surface area is 149 Å². The first kappa shape index (κ1) is 15.8. The number of para-hydroxylation sites is 1. The summed E-state index contributed by atoms with van der Waals surface area (Å²) in [4.78, 5) is 26.9. The maximum absolute atomic E-state index is 12.9. The molecule has 6 heteroatoms. The van der Waals surface area contributed by atoms with Crippen LogP contribution in [0.15, 0.2) is 60.3 Å². The number of hydrogen-bond acceptors (Lipinski definition) is 5. The predicted octanol–water partition coefficient (Wildman–Crippen LogP) is 3.26. The Hall–Kier alpha value is -2.73. The number of thioether (sulfide) groups is 1. The molecular weight excluding hydrogens is 338 g/mol. The molecule has 0 spiro atoms. The average molecular weight is 353 g/mol. The lowest BCUT2D eigenvalue weighted by atomic mass is 10.0. The van der Waals surface area contributed by atoms with Crippen LogP contribution < -0.4 is 14.4 Å². The summed E-state index contributed by atoms with van der Waals surface area (Å²) in [7, 11) is 1.59. The highest BCUT2D eigenvalue weighted by Crippen LogP contribution is 2.37. The van der Waals surface area contributed by atoms with Crippen molar-refractivity contribution in [2.45, 2.75) is 5.44 Å². The number of ether oxygens (including phenoxy) is 2. The van der Waals surface area contributed by atoms with E-state index in [1.54, 1.807) is 55.8 Å². The van der Waals surface area contributed by atoms with Gasteiger partial charge in [-0.25, -0.2) is 0 Å². The van der Waals surface area contributed by atoms with Crippen LogP contribution in [0.5, 0.6) is 11.5 Å². The lowest BCUT2D eigenvalue weighted by Gasteiger charge is -2.26. The number of Topliss-reactive ketones (excluding diaryl/α,β-unsaturated/α-hetero) is 1. The van der Waals surface area contributed by atoms with Crippen LogP contribution in [-0.2, 0) is 4.79 Å². The number of rotatable bonds is 2. The van der Waals surface area contributed by atoms with E-state index in [0.717, 1.165) is 0 Å². The van der Waals surface area contributed by atoms with Gasteiger partial charge in [0.2, 0.25) is 5.91 Å². The third kappa shape index (κ3) is 2.78. The Morgan fingerprint density at radius 2 is 1.88 bits per heavy atom. The smallest absolute Gasteiger partial charge is 0.241 e. The van der Waals surface area contributed by atoms with Crippen molar-refractivity contribution in [2.24, 2.45) is 0 Å². The molecule has 0 N–H and O–H groups in total. The Morgan fingerprint density at radius 3 is 2.64 bits per heavy atom. The second-order valence-electron chi connectivity index (χ2n) is 5.63. The predicted molar refractivity (Wildman–Crippen MR) is 96.2 cm³/mol. The lowest BCUT2D eigenvalue weighted by Crippen LogP contribution is -2.28. The number of carbonyl (C=O) groups excluding carboxylic acids is 2. The summed E-state index contributed by atoms with van der Waals surface area (Å²) in [6.07, 6.45) is 1.60. The first-order valence-corrected chi connectivity index (χ1v) is 8.82. The molecular formula is C19H15NO4S. The third-order valence-corrected chi connectivity index (χ3v) is 5.19. The molecule has 1 atom stereocenters. The van der Waals surface area contributed by atoms with Crippen LogP contribution >= 0.6 is 11.8 Å². The van der Waals surface area contributed by atoms with Gasteiger partial charge in [0.15, 0.2) is 11.2 Å². The van der Waals surface area contributed by atoms with Gasteiger partial charge in [-0.15, -0.1) is 11.8 Å². The minimum absolute atomic E-state index is 0.0995. The van der Waals surface area contributed by atoms with Gasteiger partial charge in [-0.05, 0) is 36.4 Å². The molecule has 0 aromatic heterocycles. The summed E-state index contributed by atoms with van der Waals surface area (Å²) in [5.74, 6) is 1.29. The maximum atomic E-state index is 12.9. The largest absolute Gasteiger partial charge is 0.497 e. The highest BCUT2D eigenvalue weighted by Gasteiger charge is 2.36. The quantitative estimate of drug-likeness (QED) is 0.829. The van der Waals surface area contributed by atoms with Crippen LogP contribution in [0.3, 0.4) is 0 Å². The van der Waals surface area contributed by atoms with Gasteiger partial charge in [0.05, 0.1) is 24.0 Å². The van der Waals surface area contributed by atoms with E-state index in [9.17, 15) is 9.59 Å². The van der Waals surface area contributed by atoms with E-state index in [2.05, 4.69) is 0 Å². The number of methoxy groups -OCH3 is 1. The average Bonchev–Trinajstić information content (AvgIpc) is 2.82. The Kier molecular flexibility index (Phi) is 3.97. The second kappa shape index (κ2) is 6.29. The zero-order valence-corrected chi connectivity index (χ0v) is 14.3. The molecule has 0 unspecified atom stereocenters. The molecule has 5 nitrogen and oxygen atoms in total. The van der Waals surface area contributed by atoms with Gasteiger partial charge in [0.1, 0.15) is 11.5 Å². The molecule has 2 aliphatic rings. The molecule has 2 aromatic rings. The monoisotopic (exact) mass is 353 g/mol. The SMILES string of the molecule is COc1ccc(N2C=C3C(=O)c4ccccc4O[C@@H]3SCC2=O)cc1. The van der Waals surface area contributed by atoms with Gasteiger partial charge in [0.25, 0.3) is 0 Å². The zero-order chi connectivity index (χ0) is 17.4. The van der Waals surface area contributed by atoms with Gasteiger partial charge in [-0.3, -0.25) is 14.5 Å². The summed E-state index contributed by atoms with van der Waals surface area (Å²) in [5, 5.41) is 0. The van der Waals surface area contributed by atoms with E-state index in [1.807, 2.05) is 6.07 Å². The Balaban J connectivity index is 1.75. The minimum atomic E-state index is -0.477. The summed E-state index contributed by atoms with van der Waals surface area (Å²) in [6.45, 7) is 0. The minimum Gasteiger partial charge on any atom is -0.497 e. The number of fused-ring (bicyclic) bond motifs is 2. The van der Waals surface area contributed by atoms with Gasteiger partial charge in [0, 0.05) is 11.9 Å².